The highest BCUT2D eigenvalue weighted by Gasteiger charge is 2.47. The van der Waals surface area contributed by atoms with Crippen LogP contribution in [0.2, 0.25) is 0 Å². The summed E-state index contributed by atoms with van der Waals surface area (Å²) in [5.74, 6) is 0.667. The summed E-state index contributed by atoms with van der Waals surface area (Å²) in [5, 5.41) is 12.8. The Morgan fingerprint density at radius 3 is 2.60 bits per heavy atom. The molecule has 0 aromatic rings. The topological polar surface area (TPSA) is 39.1 Å². The molecule has 3 nitrogen and oxygen atoms in total. The number of nitrogens with zero attached hydrogens (tertiary/aromatic N) is 2. The van der Waals surface area contributed by atoms with E-state index >= 15 is 0 Å². The van der Waals surface area contributed by atoms with Crippen LogP contribution in [0.3, 0.4) is 0 Å². The molecule has 2 fully saturated rings. The Morgan fingerprint density at radius 1 is 1.53 bits per heavy atom. The van der Waals surface area contributed by atoms with Crippen molar-refractivity contribution in [3.63, 3.8) is 0 Å². The summed E-state index contributed by atoms with van der Waals surface area (Å²) in [6, 6.07) is 2.98. The first kappa shape index (κ1) is 10.9. The van der Waals surface area contributed by atoms with Gasteiger partial charge in [-0.1, -0.05) is 6.42 Å². The average molecular weight is 207 g/mol. The van der Waals surface area contributed by atoms with Gasteiger partial charge in [-0.2, -0.15) is 5.26 Å². The van der Waals surface area contributed by atoms with Crippen LogP contribution in [-0.4, -0.2) is 38.1 Å². The van der Waals surface area contributed by atoms with Gasteiger partial charge in [0.15, 0.2) is 0 Å². The molecule has 1 N–H and O–H groups in total. The summed E-state index contributed by atoms with van der Waals surface area (Å²) in [6.45, 7) is 2.33. The third-order valence-corrected chi connectivity index (χ3v) is 4.27. The first-order valence-electron chi connectivity index (χ1n) is 5.99. The highest BCUT2D eigenvalue weighted by atomic mass is 15.1. The van der Waals surface area contributed by atoms with Crippen molar-refractivity contribution in [2.75, 3.05) is 27.2 Å². The number of rotatable bonds is 3. The quantitative estimate of drug-likeness (QED) is 0.756. The molecule has 84 valence electrons. The highest BCUT2D eigenvalue weighted by Crippen LogP contribution is 2.46. The van der Waals surface area contributed by atoms with Crippen molar-refractivity contribution >= 4 is 0 Å². The Morgan fingerprint density at radius 2 is 2.27 bits per heavy atom. The van der Waals surface area contributed by atoms with Gasteiger partial charge in [0, 0.05) is 12.6 Å². The number of likely N-dealkylation sites (tertiary alicyclic amines) is 1. The Balaban J connectivity index is 2.07. The van der Waals surface area contributed by atoms with Crippen LogP contribution in [0.15, 0.2) is 0 Å². The lowest BCUT2D eigenvalue weighted by Crippen LogP contribution is -2.52. The Labute approximate surface area is 92.4 Å². The van der Waals surface area contributed by atoms with Crippen LogP contribution in [-0.2, 0) is 0 Å². The number of hydrogen-bond acceptors (Lipinski definition) is 3. The maximum Gasteiger partial charge on any atom is 0.0729 e. The van der Waals surface area contributed by atoms with Crippen molar-refractivity contribution in [2.45, 2.75) is 31.7 Å². The van der Waals surface area contributed by atoms with Gasteiger partial charge in [-0.05, 0) is 45.8 Å². The van der Waals surface area contributed by atoms with Gasteiger partial charge in [-0.3, -0.25) is 0 Å². The lowest BCUT2D eigenvalue weighted by Gasteiger charge is -2.44. The highest BCUT2D eigenvalue weighted by molar-refractivity contribution is 5.13. The van der Waals surface area contributed by atoms with Crippen molar-refractivity contribution in [1.29, 1.82) is 5.26 Å². The van der Waals surface area contributed by atoms with Crippen molar-refractivity contribution in [2.24, 2.45) is 11.3 Å². The molecule has 2 rings (SSSR count). The van der Waals surface area contributed by atoms with Gasteiger partial charge in [0.1, 0.15) is 0 Å². The van der Waals surface area contributed by atoms with Crippen LogP contribution < -0.4 is 5.32 Å². The lowest BCUT2D eigenvalue weighted by atomic mass is 9.62. The maximum absolute atomic E-state index is 9.36. The average Bonchev–Trinajstić information content (AvgIpc) is 2.58. The molecular formula is C12H21N3. The predicted molar refractivity (Wildman–Crippen MR) is 60.3 cm³/mol. The zero-order chi connectivity index (χ0) is 10.9. The molecule has 1 saturated carbocycles. The molecular weight excluding hydrogens is 186 g/mol. The van der Waals surface area contributed by atoms with Crippen LogP contribution in [0.1, 0.15) is 25.7 Å². The van der Waals surface area contributed by atoms with Gasteiger partial charge in [-0.15, -0.1) is 0 Å². The minimum absolute atomic E-state index is 0.0510. The molecule has 2 atom stereocenters. The molecule has 0 spiro atoms. The van der Waals surface area contributed by atoms with Crippen LogP contribution in [0, 0.1) is 22.7 Å². The molecule has 15 heavy (non-hydrogen) atoms. The molecule has 1 heterocycles. The van der Waals surface area contributed by atoms with Crippen LogP contribution in [0.5, 0.6) is 0 Å². The summed E-state index contributed by atoms with van der Waals surface area (Å²) >= 11 is 0. The summed E-state index contributed by atoms with van der Waals surface area (Å²) in [7, 11) is 4.19. The van der Waals surface area contributed by atoms with Crippen LogP contribution in [0.25, 0.3) is 0 Å². The Bertz CT molecular complexity index is 265. The summed E-state index contributed by atoms with van der Waals surface area (Å²) < 4.78 is 0. The number of nitrogens with one attached hydrogen (secondary N) is 1. The molecule has 2 aliphatic rings. The molecule has 0 aromatic heterocycles. The molecule has 1 saturated heterocycles. The molecule has 1 aliphatic carbocycles. The third kappa shape index (κ3) is 1.77. The second kappa shape index (κ2) is 4.11. The molecule has 0 radical (unpaired) electrons. The van der Waals surface area contributed by atoms with Gasteiger partial charge >= 0.3 is 0 Å². The smallest absolute Gasteiger partial charge is 0.0729 e. The monoisotopic (exact) mass is 207 g/mol. The molecule has 0 bridgehead atoms. The number of hydrogen-bond donors (Lipinski definition) is 1. The summed E-state index contributed by atoms with van der Waals surface area (Å²) in [5.41, 5.74) is -0.0510. The van der Waals surface area contributed by atoms with E-state index in [2.05, 4.69) is 23.3 Å². The van der Waals surface area contributed by atoms with E-state index < -0.39 is 0 Å². The summed E-state index contributed by atoms with van der Waals surface area (Å²) in [4.78, 5) is 2.37. The second-order valence-electron chi connectivity index (χ2n) is 5.20. The van der Waals surface area contributed by atoms with Gasteiger partial charge in [0.2, 0.25) is 0 Å². The van der Waals surface area contributed by atoms with E-state index in [4.69, 9.17) is 0 Å². The van der Waals surface area contributed by atoms with E-state index in [0.29, 0.717) is 12.0 Å². The van der Waals surface area contributed by atoms with Gasteiger partial charge in [-0.25, -0.2) is 0 Å². The molecule has 1 aliphatic heterocycles. The summed E-state index contributed by atoms with van der Waals surface area (Å²) in [6.07, 6.45) is 4.66. The predicted octanol–water partition coefficient (Wildman–Crippen LogP) is 1.22. The lowest BCUT2D eigenvalue weighted by molar-refractivity contribution is 0.109. The molecule has 3 heteroatoms. The fourth-order valence-corrected chi connectivity index (χ4v) is 3.25. The van der Waals surface area contributed by atoms with Crippen molar-refractivity contribution < 1.29 is 0 Å². The van der Waals surface area contributed by atoms with E-state index in [-0.39, 0.29) is 5.41 Å². The van der Waals surface area contributed by atoms with Crippen molar-refractivity contribution in [1.82, 2.24) is 10.2 Å². The maximum atomic E-state index is 9.36. The Hall–Kier alpha value is -0.590. The molecule has 0 amide bonds. The second-order valence-corrected chi connectivity index (χ2v) is 5.20. The van der Waals surface area contributed by atoms with E-state index in [1.807, 2.05) is 7.05 Å². The van der Waals surface area contributed by atoms with Gasteiger partial charge < -0.3 is 10.2 Å². The third-order valence-electron chi connectivity index (χ3n) is 4.27. The van der Waals surface area contributed by atoms with E-state index in [1.165, 1.54) is 19.4 Å². The largest absolute Gasteiger partial charge is 0.315 e. The van der Waals surface area contributed by atoms with Crippen LogP contribution >= 0.6 is 0 Å². The Kier molecular flexibility index (Phi) is 2.99. The first-order chi connectivity index (χ1) is 7.22. The van der Waals surface area contributed by atoms with Gasteiger partial charge in [0.05, 0.1) is 11.5 Å². The fourth-order valence-electron chi connectivity index (χ4n) is 3.25. The zero-order valence-electron chi connectivity index (χ0n) is 9.79. The molecule has 0 aromatic carbocycles. The van der Waals surface area contributed by atoms with E-state index in [0.717, 1.165) is 19.4 Å². The normalized spacial score (nSPS) is 31.9. The standard InChI is InChI=1S/C12H21N3/c1-14-11(10-4-7-15(2)8-10)12(9-13)5-3-6-12/h10-11,14H,3-8H2,1-2H3. The SMILES string of the molecule is CNC(C1CCN(C)C1)C1(C#N)CCC1. The van der Waals surface area contributed by atoms with E-state index in [1.54, 1.807) is 0 Å². The number of nitriles is 1. The van der Waals surface area contributed by atoms with Crippen molar-refractivity contribution in [3.05, 3.63) is 0 Å². The molecule has 2 unspecified atom stereocenters. The first-order valence-corrected chi connectivity index (χ1v) is 5.99. The minimum Gasteiger partial charge on any atom is -0.315 e. The van der Waals surface area contributed by atoms with Crippen molar-refractivity contribution in [3.8, 4) is 6.07 Å². The van der Waals surface area contributed by atoms with E-state index in [9.17, 15) is 5.26 Å². The minimum atomic E-state index is -0.0510. The van der Waals surface area contributed by atoms with Crippen LogP contribution in [0.4, 0.5) is 0 Å². The van der Waals surface area contributed by atoms with Gasteiger partial charge in [0.25, 0.3) is 0 Å². The fraction of sp³-hybridized carbons (Fsp3) is 0.917. The zero-order valence-corrected chi connectivity index (χ0v) is 9.79.